The molecular formula is C18H18O4. The van der Waals surface area contributed by atoms with Crippen LogP contribution in [0, 0.1) is 0 Å². The number of ether oxygens (including phenoxy) is 2. The second kappa shape index (κ2) is 7.41. The first kappa shape index (κ1) is 15.8. The maximum atomic E-state index is 11.7. The lowest BCUT2D eigenvalue weighted by molar-refractivity contribution is 0.0526. The van der Waals surface area contributed by atoms with Gasteiger partial charge in [0.15, 0.2) is 5.78 Å². The second-order valence-corrected chi connectivity index (χ2v) is 4.76. The van der Waals surface area contributed by atoms with Crippen molar-refractivity contribution >= 4 is 11.8 Å². The van der Waals surface area contributed by atoms with Crippen LogP contribution in [-0.2, 0) is 11.3 Å². The van der Waals surface area contributed by atoms with Gasteiger partial charge >= 0.3 is 5.97 Å². The highest BCUT2D eigenvalue weighted by molar-refractivity contribution is 5.96. The normalized spacial score (nSPS) is 10.1. The molecule has 0 aliphatic carbocycles. The molecule has 2 rings (SSSR count). The largest absolute Gasteiger partial charge is 0.488 e. The Bertz CT molecular complexity index is 676. The number of esters is 1. The third kappa shape index (κ3) is 3.95. The topological polar surface area (TPSA) is 52.6 Å². The molecule has 0 radical (unpaired) electrons. The minimum atomic E-state index is -0.353. The van der Waals surface area contributed by atoms with Crippen LogP contribution in [0.1, 0.15) is 40.1 Å². The summed E-state index contributed by atoms with van der Waals surface area (Å²) in [7, 11) is 0. The first-order chi connectivity index (χ1) is 10.6. The smallest absolute Gasteiger partial charge is 0.338 e. The Morgan fingerprint density at radius 2 is 1.82 bits per heavy atom. The fourth-order valence-corrected chi connectivity index (χ4v) is 2.05. The molecule has 2 aromatic rings. The third-order valence-corrected chi connectivity index (χ3v) is 3.10. The number of benzene rings is 2. The van der Waals surface area contributed by atoms with Crippen molar-refractivity contribution in [3.05, 3.63) is 65.2 Å². The number of hydrogen-bond acceptors (Lipinski definition) is 4. The van der Waals surface area contributed by atoms with Crippen LogP contribution in [0.5, 0.6) is 5.75 Å². The van der Waals surface area contributed by atoms with Gasteiger partial charge < -0.3 is 9.47 Å². The van der Waals surface area contributed by atoms with Crippen molar-refractivity contribution in [3.63, 3.8) is 0 Å². The molecule has 0 unspecified atom stereocenters. The van der Waals surface area contributed by atoms with Gasteiger partial charge in [0, 0.05) is 0 Å². The van der Waals surface area contributed by atoms with Gasteiger partial charge in [-0.3, -0.25) is 4.79 Å². The molecule has 0 N–H and O–H groups in total. The monoisotopic (exact) mass is 298 g/mol. The van der Waals surface area contributed by atoms with Gasteiger partial charge in [-0.25, -0.2) is 4.79 Å². The molecule has 0 aliphatic rings. The zero-order chi connectivity index (χ0) is 15.9. The Balaban J connectivity index is 2.11. The molecule has 0 aliphatic heterocycles. The van der Waals surface area contributed by atoms with Crippen molar-refractivity contribution in [1.82, 2.24) is 0 Å². The predicted octanol–water partition coefficient (Wildman–Crippen LogP) is 3.64. The standard InChI is InChI=1S/C18H18O4/c1-3-21-18(20)15-8-6-7-14(11-15)12-22-17-10-5-4-9-16(17)13(2)19/h4-11H,3,12H2,1-2H3. The third-order valence-electron chi connectivity index (χ3n) is 3.10. The summed E-state index contributed by atoms with van der Waals surface area (Å²) in [5, 5.41) is 0. The number of hydrogen-bond donors (Lipinski definition) is 0. The van der Waals surface area contributed by atoms with Crippen molar-refractivity contribution in [3.8, 4) is 5.75 Å². The number of carbonyl (C=O) groups excluding carboxylic acids is 2. The molecule has 0 saturated carbocycles. The van der Waals surface area contributed by atoms with Gasteiger partial charge in [-0.1, -0.05) is 24.3 Å². The molecule has 114 valence electrons. The molecule has 0 atom stereocenters. The Kier molecular flexibility index (Phi) is 5.31. The van der Waals surface area contributed by atoms with Gasteiger partial charge in [0.2, 0.25) is 0 Å². The van der Waals surface area contributed by atoms with Gasteiger partial charge in [0.1, 0.15) is 12.4 Å². The molecule has 0 fully saturated rings. The van der Waals surface area contributed by atoms with E-state index in [-0.39, 0.29) is 18.4 Å². The summed E-state index contributed by atoms with van der Waals surface area (Å²) in [5.74, 6) is 0.140. The average Bonchev–Trinajstić information content (AvgIpc) is 2.53. The van der Waals surface area contributed by atoms with E-state index in [1.807, 2.05) is 12.1 Å². The zero-order valence-electron chi connectivity index (χ0n) is 12.7. The van der Waals surface area contributed by atoms with E-state index in [0.717, 1.165) is 5.56 Å². The quantitative estimate of drug-likeness (QED) is 0.603. The number of para-hydroxylation sites is 1. The van der Waals surface area contributed by atoms with Crippen molar-refractivity contribution in [2.45, 2.75) is 20.5 Å². The molecule has 0 saturated heterocycles. The summed E-state index contributed by atoms with van der Waals surface area (Å²) in [6.45, 7) is 3.89. The summed E-state index contributed by atoms with van der Waals surface area (Å²) < 4.78 is 10.7. The van der Waals surface area contributed by atoms with Crippen LogP contribution < -0.4 is 4.74 Å². The SMILES string of the molecule is CCOC(=O)c1cccc(COc2ccccc2C(C)=O)c1. The number of Topliss-reactive ketones (excluding diaryl/α,β-unsaturated/α-hetero) is 1. The van der Waals surface area contributed by atoms with Crippen LogP contribution in [0.4, 0.5) is 0 Å². The van der Waals surface area contributed by atoms with E-state index < -0.39 is 0 Å². The molecule has 2 aromatic carbocycles. The van der Waals surface area contributed by atoms with Gasteiger partial charge in [-0.05, 0) is 43.7 Å². The van der Waals surface area contributed by atoms with Gasteiger partial charge in [-0.2, -0.15) is 0 Å². The van der Waals surface area contributed by atoms with Crippen LogP contribution in [0.15, 0.2) is 48.5 Å². The Morgan fingerprint density at radius 3 is 2.55 bits per heavy atom. The molecule has 0 bridgehead atoms. The minimum absolute atomic E-state index is 0.0455. The molecule has 4 nitrogen and oxygen atoms in total. The van der Waals surface area contributed by atoms with E-state index in [9.17, 15) is 9.59 Å². The molecule has 0 aromatic heterocycles. The summed E-state index contributed by atoms with van der Waals surface area (Å²) in [6.07, 6.45) is 0. The first-order valence-corrected chi connectivity index (χ1v) is 7.10. The Labute approximate surface area is 129 Å². The summed E-state index contributed by atoms with van der Waals surface area (Å²) in [6, 6.07) is 14.2. The fraction of sp³-hybridized carbons (Fsp3) is 0.222. The summed E-state index contributed by atoms with van der Waals surface area (Å²) in [4.78, 5) is 23.3. The van der Waals surface area contributed by atoms with Crippen molar-refractivity contribution in [2.75, 3.05) is 6.61 Å². The summed E-state index contributed by atoms with van der Waals surface area (Å²) >= 11 is 0. The lowest BCUT2D eigenvalue weighted by Gasteiger charge is -2.10. The zero-order valence-corrected chi connectivity index (χ0v) is 12.7. The van der Waals surface area contributed by atoms with Crippen LogP contribution in [0.25, 0.3) is 0 Å². The maximum absolute atomic E-state index is 11.7. The van der Waals surface area contributed by atoms with E-state index in [1.54, 1.807) is 43.3 Å². The lowest BCUT2D eigenvalue weighted by atomic mass is 10.1. The van der Waals surface area contributed by atoms with Gasteiger partial charge in [0.25, 0.3) is 0 Å². The van der Waals surface area contributed by atoms with Crippen LogP contribution >= 0.6 is 0 Å². The predicted molar refractivity (Wildman–Crippen MR) is 83.2 cm³/mol. The highest BCUT2D eigenvalue weighted by atomic mass is 16.5. The molecule has 0 amide bonds. The Hall–Kier alpha value is -2.62. The van der Waals surface area contributed by atoms with E-state index in [4.69, 9.17) is 9.47 Å². The van der Waals surface area contributed by atoms with Crippen molar-refractivity contribution in [2.24, 2.45) is 0 Å². The minimum Gasteiger partial charge on any atom is -0.488 e. The highest BCUT2D eigenvalue weighted by Gasteiger charge is 2.09. The van der Waals surface area contributed by atoms with Crippen molar-refractivity contribution in [1.29, 1.82) is 0 Å². The first-order valence-electron chi connectivity index (χ1n) is 7.10. The van der Waals surface area contributed by atoms with E-state index in [1.165, 1.54) is 6.92 Å². The van der Waals surface area contributed by atoms with Gasteiger partial charge in [-0.15, -0.1) is 0 Å². The molecular weight excluding hydrogens is 280 g/mol. The number of carbonyl (C=O) groups is 2. The maximum Gasteiger partial charge on any atom is 0.338 e. The molecule has 22 heavy (non-hydrogen) atoms. The molecule has 0 spiro atoms. The van der Waals surface area contributed by atoms with E-state index in [2.05, 4.69) is 0 Å². The average molecular weight is 298 g/mol. The summed E-state index contributed by atoms with van der Waals surface area (Å²) in [5.41, 5.74) is 1.87. The molecule has 4 heteroatoms. The van der Waals surface area contributed by atoms with E-state index in [0.29, 0.717) is 23.5 Å². The van der Waals surface area contributed by atoms with Gasteiger partial charge in [0.05, 0.1) is 17.7 Å². The Morgan fingerprint density at radius 1 is 1.05 bits per heavy atom. The fourth-order valence-electron chi connectivity index (χ4n) is 2.05. The highest BCUT2D eigenvalue weighted by Crippen LogP contribution is 2.20. The lowest BCUT2D eigenvalue weighted by Crippen LogP contribution is -2.06. The van der Waals surface area contributed by atoms with Crippen LogP contribution in [0.2, 0.25) is 0 Å². The second-order valence-electron chi connectivity index (χ2n) is 4.76. The number of rotatable bonds is 6. The van der Waals surface area contributed by atoms with Crippen LogP contribution in [-0.4, -0.2) is 18.4 Å². The molecule has 0 heterocycles. The van der Waals surface area contributed by atoms with Crippen molar-refractivity contribution < 1.29 is 19.1 Å². The number of ketones is 1. The van der Waals surface area contributed by atoms with E-state index >= 15 is 0 Å². The van der Waals surface area contributed by atoms with Crippen LogP contribution in [0.3, 0.4) is 0 Å².